The van der Waals surface area contributed by atoms with E-state index in [0.717, 1.165) is 11.3 Å². The van der Waals surface area contributed by atoms with Gasteiger partial charge in [-0.15, -0.1) is 0 Å². The Kier molecular flexibility index (Phi) is 4.55. The van der Waals surface area contributed by atoms with Crippen LogP contribution in [0.1, 0.15) is 25.5 Å². The third kappa shape index (κ3) is 2.87. The van der Waals surface area contributed by atoms with Crippen LogP contribution in [0.3, 0.4) is 0 Å². The summed E-state index contributed by atoms with van der Waals surface area (Å²) in [5, 5.41) is 7.01. The molecule has 1 heterocycles. The van der Waals surface area contributed by atoms with Crippen molar-refractivity contribution in [3.8, 4) is 5.75 Å². The lowest BCUT2D eigenvalue weighted by molar-refractivity contribution is -0.145. The number of rotatable bonds is 4. The van der Waals surface area contributed by atoms with E-state index in [4.69, 9.17) is 15.0 Å². The van der Waals surface area contributed by atoms with Crippen molar-refractivity contribution < 1.29 is 14.3 Å². The highest BCUT2D eigenvalue weighted by Gasteiger charge is 2.38. The minimum absolute atomic E-state index is 0.223. The second kappa shape index (κ2) is 6.37. The topological polar surface area (TPSA) is 96.3 Å². The van der Waals surface area contributed by atoms with E-state index in [0.29, 0.717) is 12.4 Å². The lowest BCUT2D eigenvalue weighted by Crippen LogP contribution is -2.42. The summed E-state index contributed by atoms with van der Waals surface area (Å²) in [5.74, 6) is 0.111. The van der Waals surface area contributed by atoms with Gasteiger partial charge in [-0.3, -0.25) is 0 Å². The van der Waals surface area contributed by atoms with Crippen LogP contribution in [0.15, 0.2) is 23.3 Å². The Labute approximate surface area is 122 Å². The molecular formula is C14H18N4O3. The molecule has 3 atom stereocenters. The Morgan fingerprint density at radius 1 is 1.52 bits per heavy atom. The lowest BCUT2D eigenvalue weighted by atomic mass is 9.84. The van der Waals surface area contributed by atoms with Gasteiger partial charge in [-0.05, 0) is 42.1 Å². The van der Waals surface area contributed by atoms with Crippen LogP contribution in [-0.2, 0) is 9.53 Å². The maximum atomic E-state index is 12.0. The van der Waals surface area contributed by atoms with E-state index in [1.54, 1.807) is 20.1 Å². The number of fused-ring (bicyclic) bond motifs is 1. The highest BCUT2D eigenvalue weighted by atomic mass is 16.5. The molecule has 0 unspecified atom stereocenters. The summed E-state index contributed by atoms with van der Waals surface area (Å²) in [6.45, 7) is 3.93. The van der Waals surface area contributed by atoms with Crippen molar-refractivity contribution in [2.24, 2.45) is 11.0 Å². The van der Waals surface area contributed by atoms with Gasteiger partial charge in [0.2, 0.25) is 0 Å². The molecule has 0 aliphatic carbocycles. The second-order valence-electron chi connectivity index (χ2n) is 4.84. The van der Waals surface area contributed by atoms with Crippen molar-refractivity contribution >= 4 is 11.7 Å². The first-order valence-corrected chi connectivity index (χ1v) is 6.77. The summed E-state index contributed by atoms with van der Waals surface area (Å²) in [4.78, 5) is 15.0. The molecule has 0 radical (unpaired) electrons. The van der Waals surface area contributed by atoms with Crippen LogP contribution in [0, 0.1) is 5.92 Å². The fourth-order valence-electron chi connectivity index (χ4n) is 2.54. The predicted octanol–water partition coefficient (Wildman–Crippen LogP) is 3.04. The number of hydrogen-bond acceptors (Lipinski definition) is 5. The molecule has 21 heavy (non-hydrogen) atoms. The highest BCUT2D eigenvalue weighted by molar-refractivity contribution is 5.81. The zero-order valence-corrected chi connectivity index (χ0v) is 12.2. The van der Waals surface area contributed by atoms with Gasteiger partial charge in [0.15, 0.2) is 0 Å². The quantitative estimate of drug-likeness (QED) is 0.399. The van der Waals surface area contributed by atoms with Gasteiger partial charge in [-0.25, -0.2) is 4.79 Å². The first kappa shape index (κ1) is 15.0. The van der Waals surface area contributed by atoms with Crippen LogP contribution in [0.2, 0.25) is 0 Å². The number of carbonyl (C=O) groups excluding carboxylic acids is 1. The van der Waals surface area contributed by atoms with E-state index in [2.05, 4.69) is 15.3 Å². The Bertz CT molecular complexity index is 584. The molecule has 1 N–H and O–H groups in total. The van der Waals surface area contributed by atoms with E-state index >= 15 is 0 Å². The molecule has 1 aromatic rings. The molecule has 1 aliphatic heterocycles. The van der Waals surface area contributed by atoms with Crippen molar-refractivity contribution in [2.45, 2.75) is 25.9 Å². The SMILES string of the molecule is CCOC(=O)[C@H]1Nc2ccc(OC)cc2[C@H](N=[N+]=[N-])[C@H]1C. The van der Waals surface area contributed by atoms with E-state index in [1.807, 2.05) is 19.1 Å². The van der Waals surface area contributed by atoms with Crippen molar-refractivity contribution in [3.05, 3.63) is 34.2 Å². The monoisotopic (exact) mass is 290 g/mol. The van der Waals surface area contributed by atoms with Gasteiger partial charge >= 0.3 is 5.97 Å². The molecule has 1 aromatic carbocycles. The summed E-state index contributed by atoms with van der Waals surface area (Å²) >= 11 is 0. The molecule has 0 bridgehead atoms. The molecule has 2 rings (SSSR count). The molecule has 0 saturated heterocycles. The van der Waals surface area contributed by atoms with Gasteiger partial charge in [-0.2, -0.15) is 0 Å². The smallest absolute Gasteiger partial charge is 0.328 e. The molecule has 0 amide bonds. The fourth-order valence-corrected chi connectivity index (χ4v) is 2.54. The number of hydrogen-bond donors (Lipinski definition) is 1. The summed E-state index contributed by atoms with van der Waals surface area (Å²) in [6.07, 6.45) is 0. The number of ether oxygens (including phenoxy) is 2. The van der Waals surface area contributed by atoms with Crippen LogP contribution in [-0.4, -0.2) is 25.7 Å². The zero-order chi connectivity index (χ0) is 15.4. The molecule has 1 aliphatic rings. The van der Waals surface area contributed by atoms with Gasteiger partial charge in [-0.1, -0.05) is 12.0 Å². The van der Waals surface area contributed by atoms with E-state index in [1.165, 1.54) is 0 Å². The van der Waals surface area contributed by atoms with Crippen LogP contribution in [0.5, 0.6) is 5.75 Å². The molecule has 112 valence electrons. The highest BCUT2D eigenvalue weighted by Crippen LogP contribution is 2.41. The summed E-state index contributed by atoms with van der Waals surface area (Å²) in [6, 6.07) is 4.43. The zero-order valence-electron chi connectivity index (χ0n) is 12.2. The third-order valence-corrected chi connectivity index (χ3v) is 3.63. The van der Waals surface area contributed by atoms with Crippen LogP contribution < -0.4 is 10.1 Å². The molecule has 0 fully saturated rings. The number of nitrogens with one attached hydrogen (secondary N) is 1. The van der Waals surface area contributed by atoms with Crippen LogP contribution in [0.25, 0.3) is 10.4 Å². The van der Waals surface area contributed by atoms with Crippen molar-refractivity contribution in [2.75, 3.05) is 19.0 Å². The standard InChI is InChI=1S/C14H18N4O3/c1-4-21-14(19)13-8(2)12(17-18-15)10-7-9(20-3)5-6-11(10)16-13/h5-8,12-13,16H,4H2,1-3H3/t8-,12-,13+/m1/s1. The van der Waals surface area contributed by atoms with E-state index < -0.39 is 12.1 Å². The number of benzene rings is 1. The normalized spacial score (nSPS) is 23.3. The van der Waals surface area contributed by atoms with Gasteiger partial charge < -0.3 is 14.8 Å². The fraction of sp³-hybridized carbons (Fsp3) is 0.500. The number of nitrogens with zero attached hydrogens (tertiary/aromatic N) is 3. The first-order chi connectivity index (χ1) is 10.1. The Morgan fingerprint density at radius 2 is 2.29 bits per heavy atom. The minimum Gasteiger partial charge on any atom is -0.497 e. The van der Waals surface area contributed by atoms with E-state index in [9.17, 15) is 4.79 Å². The minimum atomic E-state index is -0.540. The van der Waals surface area contributed by atoms with Gasteiger partial charge in [0.1, 0.15) is 11.8 Å². The van der Waals surface area contributed by atoms with Gasteiger partial charge in [0, 0.05) is 10.6 Å². The van der Waals surface area contributed by atoms with Gasteiger partial charge in [0.05, 0.1) is 19.8 Å². The molecule has 0 saturated carbocycles. The summed E-state index contributed by atoms with van der Waals surface area (Å²) < 4.78 is 10.3. The van der Waals surface area contributed by atoms with Crippen molar-refractivity contribution in [1.82, 2.24) is 0 Å². The largest absolute Gasteiger partial charge is 0.497 e. The summed E-state index contributed by atoms with van der Waals surface area (Å²) in [5.41, 5.74) is 10.4. The molecule has 7 nitrogen and oxygen atoms in total. The Hall–Kier alpha value is -2.40. The number of azide groups is 1. The number of esters is 1. The number of carbonyl (C=O) groups is 1. The molecule has 7 heteroatoms. The number of anilines is 1. The molecule has 0 aromatic heterocycles. The molecule has 0 spiro atoms. The third-order valence-electron chi connectivity index (χ3n) is 3.63. The predicted molar refractivity (Wildman–Crippen MR) is 78.1 cm³/mol. The van der Waals surface area contributed by atoms with Gasteiger partial charge in [0.25, 0.3) is 0 Å². The maximum Gasteiger partial charge on any atom is 0.328 e. The summed E-state index contributed by atoms with van der Waals surface area (Å²) in [7, 11) is 1.57. The van der Waals surface area contributed by atoms with E-state index in [-0.39, 0.29) is 11.9 Å². The van der Waals surface area contributed by atoms with Crippen molar-refractivity contribution in [3.63, 3.8) is 0 Å². The average molecular weight is 290 g/mol. The van der Waals surface area contributed by atoms with Crippen molar-refractivity contribution in [1.29, 1.82) is 0 Å². The first-order valence-electron chi connectivity index (χ1n) is 6.77. The lowest BCUT2D eigenvalue weighted by Gasteiger charge is -2.35. The second-order valence-corrected chi connectivity index (χ2v) is 4.84. The maximum absolute atomic E-state index is 12.0. The van der Waals surface area contributed by atoms with Crippen LogP contribution >= 0.6 is 0 Å². The Balaban J connectivity index is 2.43. The van der Waals surface area contributed by atoms with Crippen LogP contribution in [0.4, 0.5) is 5.69 Å². The average Bonchev–Trinajstić information content (AvgIpc) is 2.49. The number of methoxy groups -OCH3 is 1. The molecular weight excluding hydrogens is 272 g/mol. The Morgan fingerprint density at radius 3 is 2.90 bits per heavy atom.